The molecule has 2 nitrogen and oxygen atoms in total. The number of hydrogen-bond donors (Lipinski definition) is 0. The van der Waals surface area contributed by atoms with Gasteiger partial charge in [-0.3, -0.25) is 0 Å². The first-order valence-corrected chi connectivity index (χ1v) is 6.40. The number of hydrogen-bond acceptors (Lipinski definition) is 2. The highest BCUT2D eigenvalue weighted by Gasteiger charge is 2.33. The van der Waals surface area contributed by atoms with Crippen molar-refractivity contribution in [1.82, 2.24) is 0 Å². The van der Waals surface area contributed by atoms with E-state index >= 15 is 0 Å². The van der Waals surface area contributed by atoms with E-state index in [0.29, 0.717) is 12.4 Å². The van der Waals surface area contributed by atoms with Gasteiger partial charge < -0.3 is 9.47 Å². The van der Waals surface area contributed by atoms with Gasteiger partial charge in [0.15, 0.2) is 0 Å². The first-order chi connectivity index (χ1) is 9.90. The Bertz CT molecular complexity index is 609. The van der Waals surface area contributed by atoms with Gasteiger partial charge >= 0.3 is 6.18 Å². The maximum atomic E-state index is 12.8. The summed E-state index contributed by atoms with van der Waals surface area (Å²) in [5.41, 5.74) is 0.0228. The zero-order valence-corrected chi connectivity index (χ0v) is 11.8. The summed E-state index contributed by atoms with van der Waals surface area (Å²) in [4.78, 5) is 0. The molecule has 0 saturated carbocycles. The molecule has 2 rings (SSSR count). The lowest BCUT2D eigenvalue weighted by Gasteiger charge is -2.12. The molecule has 0 aromatic heterocycles. The summed E-state index contributed by atoms with van der Waals surface area (Å²) >= 11 is 5.55. The summed E-state index contributed by atoms with van der Waals surface area (Å²) < 4.78 is 48.6. The van der Waals surface area contributed by atoms with E-state index in [1.165, 1.54) is 12.1 Å². The molecule has 0 saturated heterocycles. The van der Waals surface area contributed by atoms with E-state index in [1.54, 1.807) is 31.4 Å². The van der Waals surface area contributed by atoms with Crippen LogP contribution in [-0.2, 0) is 17.5 Å². The molecule has 0 bridgehead atoms. The van der Waals surface area contributed by atoms with Gasteiger partial charge in [-0.1, -0.05) is 23.7 Å². The number of benzene rings is 2. The van der Waals surface area contributed by atoms with Crippen molar-refractivity contribution in [1.29, 1.82) is 0 Å². The molecule has 0 radical (unpaired) electrons. The van der Waals surface area contributed by atoms with Gasteiger partial charge in [0.05, 0.1) is 17.2 Å². The van der Waals surface area contributed by atoms with Crippen molar-refractivity contribution in [3.05, 3.63) is 58.6 Å². The number of ether oxygens (including phenoxy) is 2. The fourth-order valence-corrected chi connectivity index (χ4v) is 1.97. The third-order valence-corrected chi connectivity index (χ3v) is 3.04. The topological polar surface area (TPSA) is 18.5 Å². The predicted octanol–water partition coefficient (Wildman–Crippen LogP) is 5.30. The van der Waals surface area contributed by atoms with Crippen molar-refractivity contribution in [3.63, 3.8) is 0 Å². The van der Waals surface area contributed by atoms with Crippen LogP contribution in [0.1, 0.15) is 11.1 Å². The molecule has 0 aliphatic rings. The van der Waals surface area contributed by atoms with Gasteiger partial charge in [-0.2, -0.15) is 13.2 Å². The van der Waals surface area contributed by atoms with Gasteiger partial charge in [0.2, 0.25) is 0 Å². The zero-order valence-electron chi connectivity index (χ0n) is 11.1. The monoisotopic (exact) mass is 316 g/mol. The molecule has 0 N–H and O–H groups in total. The summed E-state index contributed by atoms with van der Waals surface area (Å²) in [5, 5.41) is -0.356. The van der Waals surface area contributed by atoms with Crippen molar-refractivity contribution >= 4 is 11.6 Å². The largest absolute Gasteiger partial charge is 0.457 e. The van der Waals surface area contributed by atoms with Crippen molar-refractivity contribution < 1.29 is 22.6 Å². The fourth-order valence-electron chi connectivity index (χ4n) is 1.74. The van der Waals surface area contributed by atoms with Crippen LogP contribution in [0.5, 0.6) is 11.5 Å². The van der Waals surface area contributed by atoms with Gasteiger partial charge in [0.1, 0.15) is 11.5 Å². The molecule has 2 aromatic rings. The molecule has 112 valence electrons. The summed E-state index contributed by atoms with van der Waals surface area (Å²) in [5.74, 6) is 0.511. The van der Waals surface area contributed by atoms with Gasteiger partial charge in [-0.05, 0) is 35.9 Å². The highest BCUT2D eigenvalue weighted by molar-refractivity contribution is 6.31. The van der Waals surface area contributed by atoms with Crippen LogP contribution in [-0.4, -0.2) is 7.11 Å². The molecular weight excluding hydrogens is 305 g/mol. The summed E-state index contributed by atoms with van der Waals surface area (Å²) in [6.45, 7) is 0.458. The summed E-state index contributed by atoms with van der Waals surface area (Å²) in [7, 11) is 1.58. The van der Waals surface area contributed by atoms with Crippen LogP contribution in [0.3, 0.4) is 0 Å². The Morgan fingerprint density at radius 1 is 1.00 bits per heavy atom. The Hall–Kier alpha value is -1.72. The Balaban J connectivity index is 2.20. The van der Waals surface area contributed by atoms with Gasteiger partial charge in [-0.25, -0.2) is 0 Å². The minimum atomic E-state index is -4.52. The lowest BCUT2D eigenvalue weighted by Crippen LogP contribution is -2.05. The van der Waals surface area contributed by atoms with Crippen LogP contribution in [0.15, 0.2) is 42.5 Å². The zero-order chi connectivity index (χ0) is 15.5. The van der Waals surface area contributed by atoms with Crippen LogP contribution in [0, 0.1) is 0 Å². The third kappa shape index (κ3) is 4.12. The fraction of sp³-hybridized carbons (Fsp3) is 0.200. The molecule has 0 fully saturated rings. The van der Waals surface area contributed by atoms with Crippen molar-refractivity contribution in [2.75, 3.05) is 7.11 Å². The molecule has 0 unspecified atom stereocenters. The molecule has 0 aliphatic carbocycles. The molecule has 6 heteroatoms. The summed E-state index contributed by atoms with van der Waals surface area (Å²) in [6.07, 6.45) is -4.52. The average molecular weight is 317 g/mol. The molecule has 2 aromatic carbocycles. The third-order valence-electron chi connectivity index (χ3n) is 2.71. The van der Waals surface area contributed by atoms with E-state index in [2.05, 4.69) is 0 Å². The van der Waals surface area contributed by atoms with E-state index in [0.717, 1.165) is 11.6 Å². The lowest BCUT2D eigenvalue weighted by molar-refractivity contribution is -0.137. The van der Waals surface area contributed by atoms with Crippen LogP contribution >= 0.6 is 11.6 Å². The Morgan fingerprint density at radius 3 is 2.19 bits per heavy atom. The van der Waals surface area contributed by atoms with Crippen molar-refractivity contribution in [3.8, 4) is 11.5 Å². The van der Waals surface area contributed by atoms with E-state index in [4.69, 9.17) is 21.1 Å². The molecule has 0 amide bonds. The Kier molecular flexibility index (Phi) is 4.75. The van der Waals surface area contributed by atoms with Crippen LogP contribution in [0.2, 0.25) is 5.02 Å². The average Bonchev–Trinajstić information content (AvgIpc) is 2.42. The van der Waals surface area contributed by atoms with Crippen molar-refractivity contribution in [2.24, 2.45) is 0 Å². The maximum absolute atomic E-state index is 12.8. The second-order valence-electron chi connectivity index (χ2n) is 4.32. The van der Waals surface area contributed by atoms with Gasteiger partial charge in [-0.15, -0.1) is 0 Å². The first-order valence-electron chi connectivity index (χ1n) is 6.02. The SMILES string of the molecule is COCc1ccc(Oc2ccc(Cl)c(C(F)(F)F)c2)cc1. The van der Waals surface area contributed by atoms with Gasteiger partial charge in [0.25, 0.3) is 0 Å². The smallest absolute Gasteiger partial charge is 0.417 e. The minimum absolute atomic E-state index is 0.0752. The predicted molar refractivity (Wildman–Crippen MR) is 73.7 cm³/mol. The lowest BCUT2D eigenvalue weighted by atomic mass is 10.2. The van der Waals surface area contributed by atoms with E-state index in [9.17, 15) is 13.2 Å². The summed E-state index contributed by atoms with van der Waals surface area (Å²) in [6, 6.07) is 10.3. The van der Waals surface area contributed by atoms with Crippen LogP contribution in [0.25, 0.3) is 0 Å². The number of halogens is 4. The molecule has 0 atom stereocenters. The molecular formula is C15H12ClF3O2. The highest BCUT2D eigenvalue weighted by atomic mass is 35.5. The Labute approximate surface area is 125 Å². The van der Waals surface area contributed by atoms with E-state index in [1.807, 2.05) is 0 Å². The second kappa shape index (κ2) is 6.37. The normalized spacial score (nSPS) is 11.5. The quantitative estimate of drug-likeness (QED) is 0.762. The van der Waals surface area contributed by atoms with Crippen LogP contribution in [0.4, 0.5) is 13.2 Å². The minimum Gasteiger partial charge on any atom is -0.457 e. The number of alkyl halides is 3. The molecule has 0 spiro atoms. The Morgan fingerprint density at radius 2 is 1.62 bits per heavy atom. The molecule has 0 aliphatic heterocycles. The highest BCUT2D eigenvalue weighted by Crippen LogP contribution is 2.37. The number of methoxy groups -OCH3 is 1. The number of rotatable bonds is 4. The van der Waals surface area contributed by atoms with E-state index in [-0.39, 0.29) is 10.8 Å². The van der Waals surface area contributed by atoms with Gasteiger partial charge in [0, 0.05) is 7.11 Å². The maximum Gasteiger partial charge on any atom is 0.417 e. The molecule has 0 heterocycles. The first kappa shape index (κ1) is 15.7. The van der Waals surface area contributed by atoms with Crippen molar-refractivity contribution in [2.45, 2.75) is 12.8 Å². The second-order valence-corrected chi connectivity index (χ2v) is 4.73. The van der Waals surface area contributed by atoms with Crippen LogP contribution < -0.4 is 4.74 Å². The molecule has 21 heavy (non-hydrogen) atoms. The van der Waals surface area contributed by atoms with E-state index < -0.39 is 11.7 Å². The standard InChI is InChI=1S/C15H12ClF3O2/c1-20-9-10-2-4-11(5-3-10)21-12-6-7-14(16)13(8-12)15(17,18)19/h2-8H,9H2,1H3.